The van der Waals surface area contributed by atoms with E-state index in [1.54, 1.807) is 0 Å². The van der Waals surface area contributed by atoms with Crippen molar-refractivity contribution in [2.24, 2.45) is 17.8 Å². The molecule has 0 spiro atoms. The van der Waals surface area contributed by atoms with Crippen LogP contribution < -0.4 is 0 Å². The summed E-state index contributed by atoms with van der Waals surface area (Å²) in [6, 6.07) is 0. The van der Waals surface area contributed by atoms with E-state index in [1.165, 1.54) is 6.42 Å². The molecule has 0 radical (unpaired) electrons. The first kappa shape index (κ1) is 9.76. The predicted molar refractivity (Wildman–Crippen MR) is 51.0 cm³/mol. The molecule has 0 aromatic heterocycles. The molecule has 1 aliphatic rings. The average molecular weight is 168 g/mol. The smallest absolute Gasteiger partial charge is 0.136 e. The van der Waals surface area contributed by atoms with Gasteiger partial charge in [-0.15, -0.1) is 0 Å². The molecular weight excluding hydrogens is 148 g/mol. The van der Waals surface area contributed by atoms with Crippen LogP contribution in [-0.4, -0.2) is 5.78 Å². The molecular formula is C11H20O. The van der Waals surface area contributed by atoms with Crippen molar-refractivity contribution in [3.63, 3.8) is 0 Å². The minimum absolute atomic E-state index is 0.365. The first-order valence-corrected chi connectivity index (χ1v) is 5.17. The fourth-order valence-electron chi connectivity index (χ4n) is 2.15. The molecule has 0 heterocycles. The molecule has 0 saturated heterocycles. The maximum Gasteiger partial charge on any atom is 0.136 e. The first-order valence-electron chi connectivity index (χ1n) is 5.17. The third-order valence-corrected chi connectivity index (χ3v) is 3.18. The lowest BCUT2D eigenvalue weighted by Gasteiger charge is -2.29. The summed E-state index contributed by atoms with van der Waals surface area (Å²) in [7, 11) is 0. The van der Waals surface area contributed by atoms with Crippen LogP contribution in [-0.2, 0) is 4.79 Å². The van der Waals surface area contributed by atoms with E-state index in [-0.39, 0.29) is 0 Å². The molecule has 0 amide bonds. The van der Waals surface area contributed by atoms with E-state index in [0.29, 0.717) is 17.6 Å². The van der Waals surface area contributed by atoms with E-state index in [9.17, 15) is 4.79 Å². The molecule has 1 rings (SSSR count). The Morgan fingerprint density at radius 1 is 1.50 bits per heavy atom. The lowest BCUT2D eigenvalue weighted by Crippen LogP contribution is -2.28. The summed E-state index contributed by atoms with van der Waals surface area (Å²) in [5.74, 6) is 2.24. The quantitative estimate of drug-likeness (QED) is 0.619. The van der Waals surface area contributed by atoms with Gasteiger partial charge in [0.05, 0.1) is 0 Å². The molecule has 1 saturated carbocycles. The highest BCUT2D eigenvalue weighted by Gasteiger charge is 2.29. The van der Waals surface area contributed by atoms with Gasteiger partial charge in [-0.25, -0.2) is 0 Å². The van der Waals surface area contributed by atoms with Gasteiger partial charge in [-0.1, -0.05) is 27.2 Å². The lowest BCUT2D eigenvalue weighted by molar-refractivity contribution is -0.127. The number of carbonyl (C=O) groups is 1. The second-order valence-electron chi connectivity index (χ2n) is 4.37. The number of carbonyl (C=O) groups excluding carboxylic acids is 1. The Morgan fingerprint density at radius 3 is 2.67 bits per heavy atom. The second kappa shape index (κ2) is 4.06. The van der Waals surface area contributed by atoms with Crippen LogP contribution in [0, 0.1) is 17.8 Å². The fraction of sp³-hybridized carbons (Fsp3) is 0.909. The summed E-state index contributed by atoms with van der Waals surface area (Å²) in [5.41, 5.74) is 0. The Bertz CT molecular complexity index is 160. The van der Waals surface area contributed by atoms with Crippen LogP contribution in [0.4, 0.5) is 0 Å². The Labute approximate surface area is 75.5 Å². The average Bonchev–Trinajstić information content (AvgIpc) is 2.05. The van der Waals surface area contributed by atoms with E-state index < -0.39 is 0 Å². The van der Waals surface area contributed by atoms with Crippen LogP contribution in [0.25, 0.3) is 0 Å². The number of rotatable bonds is 2. The van der Waals surface area contributed by atoms with Crippen molar-refractivity contribution in [3.05, 3.63) is 0 Å². The standard InChI is InChI=1S/C11H20O/c1-4-9-5-6-11(12)10(7-9)8(2)3/h8-10H,4-7H2,1-3H3. The van der Waals surface area contributed by atoms with E-state index >= 15 is 0 Å². The summed E-state index contributed by atoms with van der Waals surface area (Å²) in [6.45, 7) is 6.57. The van der Waals surface area contributed by atoms with Gasteiger partial charge in [-0.3, -0.25) is 4.79 Å². The molecule has 0 N–H and O–H groups in total. The van der Waals surface area contributed by atoms with Crippen molar-refractivity contribution in [2.75, 3.05) is 0 Å². The zero-order chi connectivity index (χ0) is 9.14. The van der Waals surface area contributed by atoms with E-state index in [1.807, 2.05) is 0 Å². The van der Waals surface area contributed by atoms with Crippen molar-refractivity contribution in [2.45, 2.75) is 46.5 Å². The highest BCUT2D eigenvalue weighted by Crippen LogP contribution is 2.32. The molecule has 0 bridgehead atoms. The number of Topliss-reactive ketones (excluding diaryl/α,β-unsaturated/α-hetero) is 1. The molecule has 0 aromatic rings. The van der Waals surface area contributed by atoms with Gasteiger partial charge >= 0.3 is 0 Å². The molecule has 1 heteroatoms. The summed E-state index contributed by atoms with van der Waals surface area (Å²) in [5, 5.41) is 0. The molecule has 70 valence electrons. The molecule has 12 heavy (non-hydrogen) atoms. The molecule has 0 aliphatic heterocycles. The van der Waals surface area contributed by atoms with Crippen molar-refractivity contribution in [3.8, 4) is 0 Å². The Kier molecular flexibility index (Phi) is 3.30. The Balaban J connectivity index is 2.53. The second-order valence-corrected chi connectivity index (χ2v) is 4.37. The maximum atomic E-state index is 11.5. The molecule has 2 atom stereocenters. The van der Waals surface area contributed by atoms with Gasteiger partial charge in [0, 0.05) is 12.3 Å². The molecule has 0 aromatic carbocycles. The third kappa shape index (κ3) is 2.09. The van der Waals surface area contributed by atoms with Crippen molar-refractivity contribution in [1.82, 2.24) is 0 Å². The van der Waals surface area contributed by atoms with Crippen molar-refractivity contribution >= 4 is 5.78 Å². The van der Waals surface area contributed by atoms with Gasteiger partial charge < -0.3 is 0 Å². The lowest BCUT2D eigenvalue weighted by atomic mass is 9.74. The van der Waals surface area contributed by atoms with E-state index in [4.69, 9.17) is 0 Å². The minimum Gasteiger partial charge on any atom is -0.299 e. The molecule has 1 fully saturated rings. The zero-order valence-electron chi connectivity index (χ0n) is 8.47. The van der Waals surface area contributed by atoms with Crippen LogP contribution >= 0.6 is 0 Å². The summed E-state index contributed by atoms with van der Waals surface area (Å²) in [4.78, 5) is 11.5. The van der Waals surface area contributed by atoms with Crippen LogP contribution in [0.3, 0.4) is 0 Å². The summed E-state index contributed by atoms with van der Waals surface area (Å²) >= 11 is 0. The van der Waals surface area contributed by atoms with Crippen molar-refractivity contribution < 1.29 is 4.79 Å². The minimum atomic E-state index is 0.365. The van der Waals surface area contributed by atoms with Crippen LogP contribution in [0.1, 0.15) is 46.5 Å². The topological polar surface area (TPSA) is 17.1 Å². The highest BCUT2D eigenvalue weighted by atomic mass is 16.1. The predicted octanol–water partition coefficient (Wildman–Crippen LogP) is 3.04. The zero-order valence-corrected chi connectivity index (χ0v) is 8.47. The Hall–Kier alpha value is -0.330. The van der Waals surface area contributed by atoms with E-state index in [0.717, 1.165) is 25.2 Å². The van der Waals surface area contributed by atoms with Gasteiger partial charge in [0.1, 0.15) is 5.78 Å². The van der Waals surface area contributed by atoms with Gasteiger partial charge in [0.2, 0.25) is 0 Å². The normalized spacial score (nSPS) is 31.2. The molecule has 1 nitrogen and oxygen atoms in total. The van der Waals surface area contributed by atoms with Gasteiger partial charge in [0.15, 0.2) is 0 Å². The van der Waals surface area contributed by atoms with Crippen LogP contribution in [0.2, 0.25) is 0 Å². The van der Waals surface area contributed by atoms with Gasteiger partial charge in [-0.05, 0) is 24.7 Å². The van der Waals surface area contributed by atoms with Crippen LogP contribution in [0.15, 0.2) is 0 Å². The largest absolute Gasteiger partial charge is 0.299 e. The SMILES string of the molecule is CCC1CCC(=O)C(C(C)C)C1. The number of hydrogen-bond acceptors (Lipinski definition) is 1. The Morgan fingerprint density at radius 2 is 2.17 bits per heavy atom. The van der Waals surface area contributed by atoms with Gasteiger partial charge in [0.25, 0.3) is 0 Å². The van der Waals surface area contributed by atoms with Crippen molar-refractivity contribution in [1.29, 1.82) is 0 Å². The monoisotopic (exact) mass is 168 g/mol. The highest BCUT2D eigenvalue weighted by molar-refractivity contribution is 5.81. The fourth-order valence-corrected chi connectivity index (χ4v) is 2.15. The maximum absolute atomic E-state index is 11.5. The summed E-state index contributed by atoms with van der Waals surface area (Å²) in [6.07, 6.45) is 4.36. The number of ketones is 1. The van der Waals surface area contributed by atoms with E-state index in [2.05, 4.69) is 20.8 Å². The van der Waals surface area contributed by atoms with Gasteiger partial charge in [-0.2, -0.15) is 0 Å². The third-order valence-electron chi connectivity index (χ3n) is 3.18. The molecule has 2 unspecified atom stereocenters. The number of hydrogen-bond donors (Lipinski definition) is 0. The molecule has 1 aliphatic carbocycles. The van der Waals surface area contributed by atoms with Crippen LogP contribution in [0.5, 0.6) is 0 Å². The summed E-state index contributed by atoms with van der Waals surface area (Å²) < 4.78 is 0. The first-order chi connectivity index (χ1) is 5.65.